The molecule has 0 aliphatic heterocycles. The lowest BCUT2D eigenvalue weighted by molar-refractivity contribution is 0.405. The van der Waals surface area contributed by atoms with Crippen LogP contribution in [0.3, 0.4) is 0 Å². The van der Waals surface area contributed by atoms with Gasteiger partial charge in [0.15, 0.2) is 0 Å². The number of hydrogen-bond acceptors (Lipinski definition) is 2. The summed E-state index contributed by atoms with van der Waals surface area (Å²) in [4.78, 5) is 0. The second kappa shape index (κ2) is 2.45. The second-order valence-electron chi connectivity index (χ2n) is 2.91. The van der Waals surface area contributed by atoms with Gasteiger partial charge in [0, 0.05) is 12.0 Å². The largest absolute Gasteiger partial charge is 0.365 e. The number of aromatic nitrogens is 1. The highest BCUT2D eigenvalue weighted by Crippen LogP contribution is 2.32. The van der Waals surface area contributed by atoms with Crippen LogP contribution < -0.4 is 0 Å². The normalized spacial score (nSPS) is 20.0. The molecule has 10 heavy (non-hydrogen) atoms. The van der Waals surface area contributed by atoms with Gasteiger partial charge in [0.1, 0.15) is 6.26 Å². The Morgan fingerprint density at radius 2 is 2.20 bits per heavy atom. The molecule has 2 heteroatoms. The smallest absolute Gasteiger partial charge is 0.124 e. The van der Waals surface area contributed by atoms with Crippen LogP contribution in [0, 0.1) is 0 Å². The van der Waals surface area contributed by atoms with Crippen molar-refractivity contribution in [2.24, 2.45) is 0 Å². The molecule has 2 rings (SSSR count). The Bertz CT molecular complexity index is 187. The van der Waals surface area contributed by atoms with Crippen molar-refractivity contribution in [1.29, 1.82) is 0 Å². The first kappa shape index (κ1) is 5.96. The molecular weight excluding hydrogens is 126 g/mol. The molecule has 0 aromatic carbocycles. The van der Waals surface area contributed by atoms with E-state index in [1.807, 2.05) is 6.07 Å². The van der Waals surface area contributed by atoms with E-state index in [-0.39, 0.29) is 0 Å². The van der Waals surface area contributed by atoms with Crippen molar-refractivity contribution in [3.05, 3.63) is 18.0 Å². The molecule has 0 saturated heterocycles. The third kappa shape index (κ3) is 0.939. The van der Waals surface area contributed by atoms with Crippen LogP contribution in [0.25, 0.3) is 0 Å². The Hall–Kier alpha value is -0.790. The van der Waals surface area contributed by atoms with Crippen LogP contribution in [-0.2, 0) is 0 Å². The highest BCUT2D eigenvalue weighted by molar-refractivity contribution is 5.05. The molecule has 2 nitrogen and oxygen atoms in total. The lowest BCUT2D eigenvalue weighted by Crippen LogP contribution is -1.90. The molecule has 0 unspecified atom stereocenters. The summed E-state index contributed by atoms with van der Waals surface area (Å²) in [5.74, 6) is 0.693. The van der Waals surface area contributed by atoms with Crippen LogP contribution in [0.2, 0.25) is 0 Å². The van der Waals surface area contributed by atoms with Crippen molar-refractivity contribution >= 4 is 0 Å². The van der Waals surface area contributed by atoms with Gasteiger partial charge in [-0.25, -0.2) is 0 Å². The van der Waals surface area contributed by atoms with Gasteiger partial charge in [-0.15, -0.1) is 0 Å². The standard InChI is InChI=1S/C8H11NO/c1-2-4-7(3-1)8-5-6-10-9-8/h5-7H,1-4H2. The van der Waals surface area contributed by atoms with E-state index >= 15 is 0 Å². The molecule has 1 aromatic rings. The summed E-state index contributed by atoms with van der Waals surface area (Å²) < 4.78 is 4.78. The first-order valence-corrected chi connectivity index (χ1v) is 3.87. The van der Waals surface area contributed by atoms with Crippen LogP contribution in [0.5, 0.6) is 0 Å². The molecule has 0 atom stereocenters. The van der Waals surface area contributed by atoms with E-state index in [0.717, 1.165) is 5.69 Å². The molecule has 0 radical (unpaired) electrons. The summed E-state index contributed by atoms with van der Waals surface area (Å²) in [6.07, 6.45) is 6.97. The summed E-state index contributed by atoms with van der Waals surface area (Å²) in [6.45, 7) is 0. The molecule has 1 aliphatic rings. The molecule has 0 spiro atoms. The zero-order valence-corrected chi connectivity index (χ0v) is 5.92. The molecule has 1 heterocycles. The van der Waals surface area contributed by atoms with Gasteiger partial charge in [-0.1, -0.05) is 18.0 Å². The van der Waals surface area contributed by atoms with Gasteiger partial charge in [-0.2, -0.15) is 0 Å². The predicted octanol–water partition coefficient (Wildman–Crippen LogP) is 2.33. The number of nitrogens with zero attached hydrogens (tertiary/aromatic N) is 1. The Balaban J connectivity index is 2.12. The van der Waals surface area contributed by atoms with E-state index in [4.69, 9.17) is 4.52 Å². The maximum Gasteiger partial charge on any atom is 0.124 e. The fraction of sp³-hybridized carbons (Fsp3) is 0.625. The molecule has 54 valence electrons. The van der Waals surface area contributed by atoms with Crippen molar-refractivity contribution in [3.63, 3.8) is 0 Å². The van der Waals surface area contributed by atoms with E-state index in [9.17, 15) is 0 Å². The molecule has 1 aliphatic carbocycles. The third-order valence-corrected chi connectivity index (χ3v) is 2.23. The minimum absolute atomic E-state index is 0.693. The van der Waals surface area contributed by atoms with Crippen molar-refractivity contribution in [2.75, 3.05) is 0 Å². The fourth-order valence-corrected chi connectivity index (χ4v) is 1.65. The molecule has 1 aromatic heterocycles. The summed E-state index contributed by atoms with van der Waals surface area (Å²) in [5, 5.41) is 3.92. The number of rotatable bonds is 1. The third-order valence-electron chi connectivity index (χ3n) is 2.23. The number of hydrogen-bond donors (Lipinski definition) is 0. The highest BCUT2D eigenvalue weighted by atomic mass is 16.5. The average Bonchev–Trinajstić information content (AvgIpc) is 2.59. The first-order chi connectivity index (χ1) is 4.97. The van der Waals surface area contributed by atoms with Gasteiger partial charge in [-0.05, 0) is 12.8 Å². The van der Waals surface area contributed by atoms with Crippen molar-refractivity contribution in [3.8, 4) is 0 Å². The fourth-order valence-electron chi connectivity index (χ4n) is 1.65. The van der Waals surface area contributed by atoms with Crippen LogP contribution in [0.15, 0.2) is 16.9 Å². The molecule has 0 N–H and O–H groups in total. The van der Waals surface area contributed by atoms with Crippen LogP contribution in [0.4, 0.5) is 0 Å². The zero-order valence-electron chi connectivity index (χ0n) is 5.92. The van der Waals surface area contributed by atoms with Gasteiger partial charge < -0.3 is 4.52 Å². The molecule has 1 fully saturated rings. The lowest BCUT2D eigenvalue weighted by Gasteiger charge is -2.00. The van der Waals surface area contributed by atoms with E-state index < -0.39 is 0 Å². The van der Waals surface area contributed by atoms with E-state index in [1.54, 1.807) is 6.26 Å². The molecule has 0 amide bonds. The quantitative estimate of drug-likeness (QED) is 0.593. The molecular formula is C8H11NO. The monoisotopic (exact) mass is 137 g/mol. The van der Waals surface area contributed by atoms with Gasteiger partial charge in [0.05, 0.1) is 5.69 Å². The van der Waals surface area contributed by atoms with Crippen LogP contribution >= 0.6 is 0 Å². The lowest BCUT2D eigenvalue weighted by atomic mass is 10.1. The van der Waals surface area contributed by atoms with Crippen LogP contribution in [0.1, 0.15) is 37.3 Å². The van der Waals surface area contributed by atoms with Crippen molar-refractivity contribution < 1.29 is 4.52 Å². The SMILES string of the molecule is c1cc(C2CCCC2)no1. The minimum Gasteiger partial charge on any atom is -0.365 e. The zero-order chi connectivity index (χ0) is 6.81. The summed E-state index contributed by atoms with van der Waals surface area (Å²) in [5.41, 5.74) is 1.15. The molecule has 0 bridgehead atoms. The van der Waals surface area contributed by atoms with Crippen molar-refractivity contribution in [1.82, 2.24) is 5.16 Å². The van der Waals surface area contributed by atoms with Crippen LogP contribution in [-0.4, -0.2) is 5.16 Å². The Labute approximate surface area is 60.2 Å². The maximum absolute atomic E-state index is 4.78. The van der Waals surface area contributed by atoms with Gasteiger partial charge in [0.25, 0.3) is 0 Å². The first-order valence-electron chi connectivity index (χ1n) is 3.87. The van der Waals surface area contributed by atoms with Gasteiger partial charge in [0.2, 0.25) is 0 Å². The highest BCUT2D eigenvalue weighted by Gasteiger charge is 2.18. The summed E-state index contributed by atoms with van der Waals surface area (Å²) in [6, 6.07) is 1.98. The average molecular weight is 137 g/mol. The summed E-state index contributed by atoms with van der Waals surface area (Å²) >= 11 is 0. The minimum atomic E-state index is 0.693. The van der Waals surface area contributed by atoms with Gasteiger partial charge >= 0.3 is 0 Å². The van der Waals surface area contributed by atoms with E-state index in [1.165, 1.54) is 25.7 Å². The predicted molar refractivity (Wildman–Crippen MR) is 37.7 cm³/mol. The van der Waals surface area contributed by atoms with Gasteiger partial charge in [-0.3, -0.25) is 0 Å². The van der Waals surface area contributed by atoms with E-state index in [2.05, 4.69) is 5.16 Å². The topological polar surface area (TPSA) is 26.0 Å². The van der Waals surface area contributed by atoms with E-state index in [0.29, 0.717) is 5.92 Å². The Morgan fingerprint density at radius 1 is 1.40 bits per heavy atom. The second-order valence-corrected chi connectivity index (χ2v) is 2.91. The molecule has 1 saturated carbocycles. The Kier molecular flexibility index (Phi) is 1.46. The van der Waals surface area contributed by atoms with Crippen molar-refractivity contribution in [2.45, 2.75) is 31.6 Å². The summed E-state index contributed by atoms with van der Waals surface area (Å²) in [7, 11) is 0. The maximum atomic E-state index is 4.78. The Morgan fingerprint density at radius 3 is 2.80 bits per heavy atom.